The number of rotatable bonds is 3. The maximum atomic E-state index is 12.5. The summed E-state index contributed by atoms with van der Waals surface area (Å²) in [5, 5.41) is 2.10. The summed E-state index contributed by atoms with van der Waals surface area (Å²) in [5.74, 6) is -0.387. The van der Waals surface area contributed by atoms with Gasteiger partial charge in [-0.05, 0) is 47.2 Å². The third-order valence-corrected chi connectivity index (χ3v) is 5.06. The number of halogens is 1. The van der Waals surface area contributed by atoms with Crippen molar-refractivity contribution in [3.63, 3.8) is 0 Å². The molecule has 0 unspecified atom stereocenters. The minimum atomic E-state index is -0.461. The van der Waals surface area contributed by atoms with Crippen molar-refractivity contribution in [3.05, 3.63) is 71.2 Å². The summed E-state index contributed by atoms with van der Waals surface area (Å²) in [4.78, 5) is 26.5. The van der Waals surface area contributed by atoms with E-state index in [1.165, 1.54) is 0 Å². The summed E-state index contributed by atoms with van der Waals surface area (Å²) < 4.78 is 6.48. The minimum absolute atomic E-state index is 0.0622. The number of anilines is 1. The zero-order valence-corrected chi connectivity index (χ0v) is 15.5. The highest BCUT2D eigenvalue weighted by atomic mass is 79.9. The largest absolute Gasteiger partial charge is 0.426 e. The third-order valence-electron chi connectivity index (χ3n) is 4.54. The van der Waals surface area contributed by atoms with Crippen molar-refractivity contribution >= 4 is 44.3 Å². The maximum Gasteiger partial charge on any atom is 0.316 e. The normalized spacial score (nSPS) is 16.9. The molecule has 3 aromatic rings. The first-order valence-electron chi connectivity index (χ1n) is 8.36. The van der Waals surface area contributed by atoms with E-state index in [0.29, 0.717) is 12.3 Å². The molecule has 1 aliphatic heterocycles. The van der Waals surface area contributed by atoms with Crippen LogP contribution in [0.4, 0.5) is 5.69 Å². The molecule has 5 heteroatoms. The van der Waals surface area contributed by atoms with E-state index in [0.717, 1.165) is 20.9 Å². The molecule has 1 fully saturated rings. The fourth-order valence-corrected chi connectivity index (χ4v) is 3.43. The van der Waals surface area contributed by atoms with Crippen LogP contribution >= 0.6 is 15.9 Å². The Morgan fingerprint density at radius 3 is 2.50 bits per heavy atom. The number of esters is 1. The predicted octanol–water partition coefficient (Wildman–Crippen LogP) is 4.56. The molecule has 0 aromatic heterocycles. The second-order valence-corrected chi connectivity index (χ2v) is 7.23. The summed E-state index contributed by atoms with van der Waals surface area (Å²) in [6.07, 6.45) is 0.169. The Balaban J connectivity index is 1.48. The van der Waals surface area contributed by atoms with Gasteiger partial charge in [0.05, 0.1) is 5.92 Å². The van der Waals surface area contributed by atoms with Crippen LogP contribution in [0.1, 0.15) is 6.42 Å². The zero-order valence-electron chi connectivity index (χ0n) is 13.9. The second kappa shape index (κ2) is 6.92. The van der Waals surface area contributed by atoms with Gasteiger partial charge in [0.15, 0.2) is 0 Å². The Hall–Kier alpha value is -2.66. The van der Waals surface area contributed by atoms with Crippen molar-refractivity contribution in [1.29, 1.82) is 0 Å². The minimum Gasteiger partial charge on any atom is -0.426 e. The third kappa shape index (κ3) is 3.35. The van der Waals surface area contributed by atoms with E-state index in [4.69, 9.17) is 4.74 Å². The van der Waals surface area contributed by atoms with Crippen LogP contribution in [0.5, 0.6) is 5.75 Å². The lowest BCUT2D eigenvalue weighted by Gasteiger charge is -2.16. The highest BCUT2D eigenvalue weighted by Gasteiger charge is 2.36. The monoisotopic (exact) mass is 409 g/mol. The van der Waals surface area contributed by atoms with E-state index in [2.05, 4.69) is 15.9 Å². The lowest BCUT2D eigenvalue weighted by Crippen LogP contribution is -2.27. The Kier molecular flexibility index (Phi) is 4.47. The molecular formula is C21H16BrNO3. The SMILES string of the molecule is O=C(Oc1ccc2ccccc2c1)[C@@H]1CC(=O)N(c2ccc(Br)cc2)C1. The van der Waals surface area contributed by atoms with Crippen LogP contribution in [0.2, 0.25) is 0 Å². The van der Waals surface area contributed by atoms with Crippen LogP contribution in [0.3, 0.4) is 0 Å². The molecule has 1 atom stereocenters. The van der Waals surface area contributed by atoms with Crippen molar-refractivity contribution in [1.82, 2.24) is 0 Å². The van der Waals surface area contributed by atoms with Gasteiger partial charge in [-0.1, -0.05) is 46.3 Å². The lowest BCUT2D eigenvalue weighted by molar-refractivity contribution is -0.139. The quantitative estimate of drug-likeness (QED) is 0.470. The molecule has 1 heterocycles. The Bertz CT molecular complexity index is 984. The Labute approximate surface area is 159 Å². The summed E-state index contributed by atoms with van der Waals surface area (Å²) in [7, 11) is 0. The van der Waals surface area contributed by atoms with Gasteiger partial charge in [-0.2, -0.15) is 0 Å². The molecule has 26 heavy (non-hydrogen) atoms. The van der Waals surface area contributed by atoms with Crippen molar-refractivity contribution in [2.24, 2.45) is 5.92 Å². The standard InChI is InChI=1S/C21H16BrNO3/c22-17-6-8-18(9-7-17)23-13-16(12-20(23)24)21(25)26-19-10-5-14-3-1-2-4-15(14)11-19/h1-11,16H,12-13H2/t16-/m1/s1. The van der Waals surface area contributed by atoms with E-state index >= 15 is 0 Å². The van der Waals surface area contributed by atoms with Gasteiger partial charge in [-0.3, -0.25) is 9.59 Å². The van der Waals surface area contributed by atoms with Crippen LogP contribution in [0, 0.1) is 5.92 Å². The Morgan fingerprint density at radius 1 is 1.00 bits per heavy atom. The predicted molar refractivity (Wildman–Crippen MR) is 104 cm³/mol. The van der Waals surface area contributed by atoms with E-state index in [-0.39, 0.29) is 18.3 Å². The second-order valence-electron chi connectivity index (χ2n) is 6.31. The molecule has 0 saturated carbocycles. The molecule has 0 aliphatic carbocycles. The molecule has 0 spiro atoms. The molecule has 4 nitrogen and oxygen atoms in total. The van der Waals surface area contributed by atoms with Gasteiger partial charge >= 0.3 is 5.97 Å². The average molecular weight is 410 g/mol. The number of hydrogen-bond acceptors (Lipinski definition) is 3. The van der Waals surface area contributed by atoms with Gasteiger partial charge in [-0.25, -0.2) is 0 Å². The van der Waals surface area contributed by atoms with Gasteiger partial charge < -0.3 is 9.64 Å². The molecular weight excluding hydrogens is 394 g/mol. The van der Waals surface area contributed by atoms with Crippen molar-refractivity contribution in [2.75, 3.05) is 11.4 Å². The molecule has 0 N–H and O–H groups in total. The molecule has 1 saturated heterocycles. The molecule has 4 rings (SSSR count). The molecule has 0 radical (unpaired) electrons. The van der Waals surface area contributed by atoms with Crippen molar-refractivity contribution < 1.29 is 14.3 Å². The molecule has 1 amide bonds. The number of amides is 1. The van der Waals surface area contributed by atoms with Gasteiger partial charge in [0.2, 0.25) is 5.91 Å². The average Bonchev–Trinajstić information content (AvgIpc) is 3.04. The number of ether oxygens (including phenoxy) is 1. The lowest BCUT2D eigenvalue weighted by atomic mass is 10.1. The van der Waals surface area contributed by atoms with Crippen LogP contribution in [-0.4, -0.2) is 18.4 Å². The summed E-state index contributed by atoms with van der Waals surface area (Å²) in [6, 6.07) is 20.9. The first-order chi connectivity index (χ1) is 12.6. The van der Waals surface area contributed by atoms with Crippen molar-refractivity contribution in [2.45, 2.75) is 6.42 Å². The highest BCUT2D eigenvalue weighted by Crippen LogP contribution is 2.28. The van der Waals surface area contributed by atoms with E-state index < -0.39 is 5.92 Å². The van der Waals surface area contributed by atoms with Crippen LogP contribution in [0.25, 0.3) is 10.8 Å². The summed E-state index contributed by atoms with van der Waals surface area (Å²) in [6.45, 7) is 0.340. The van der Waals surface area contributed by atoms with Gasteiger partial charge in [0.25, 0.3) is 0 Å². The summed E-state index contributed by atoms with van der Waals surface area (Å²) in [5.41, 5.74) is 0.791. The molecule has 0 bridgehead atoms. The Morgan fingerprint density at radius 2 is 1.73 bits per heavy atom. The summed E-state index contributed by atoms with van der Waals surface area (Å²) >= 11 is 3.38. The number of carbonyl (C=O) groups excluding carboxylic acids is 2. The van der Waals surface area contributed by atoms with Crippen LogP contribution in [-0.2, 0) is 9.59 Å². The number of carbonyl (C=O) groups is 2. The highest BCUT2D eigenvalue weighted by molar-refractivity contribution is 9.10. The van der Waals surface area contributed by atoms with Gasteiger partial charge in [0, 0.05) is 23.1 Å². The number of fused-ring (bicyclic) bond motifs is 1. The molecule has 3 aromatic carbocycles. The first kappa shape index (κ1) is 16.8. The van der Waals surface area contributed by atoms with Gasteiger partial charge in [-0.15, -0.1) is 0 Å². The fourth-order valence-electron chi connectivity index (χ4n) is 3.17. The van der Waals surface area contributed by atoms with Crippen LogP contribution in [0.15, 0.2) is 71.2 Å². The molecule has 1 aliphatic rings. The number of benzene rings is 3. The van der Waals surface area contributed by atoms with Crippen LogP contribution < -0.4 is 9.64 Å². The van der Waals surface area contributed by atoms with Gasteiger partial charge in [0.1, 0.15) is 5.75 Å². The molecule has 130 valence electrons. The maximum absolute atomic E-state index is 12.5. The van der Waals surface area contributed by atoms with E-state index in [1.54, 1.807) is 11.0 Å². The van der Waals surface area contributed by atoms with E-state index in [9.17, 15) is 9.59 Å². The zero-order chi connectivity index (χ0) is 18.1. The first-order valence-corrected chi connectivity index (χ1v) is 9.16. The smallest absolute Gasteiger partial charge is 0.316 e. The number of hydrogen-bond donors (Lipinski definition) is 0. The van der Waals surface area contributed by atoms with E-state index in [1.807, 2.05) is 60.7 Å². The van der Waals surface area contributed by atoms with Crippen molar-refractivity contribution in [3.8, 4) is 5.75 Å². The fraction of sp³-hybridized carbons (Fsp3) is 0.143. The number of nitrogens with zero attached hydrogens (tertiary/aromatic N) is 1. The topological polar surface area (TPSA) is 46.6 Å².